The van der Waals surface area contributed by atoms with Gasteiger partial charge in [0.15, 0.2) is 0 Å². The molecule has 3 nitrogen and oxygen atoms in total. The second-order valence-corrected chi connectivity index (χ2v) is 6.11. The van der Waals surface area contributed by atoms with Gasteiger partial charge in [0.25, 0.3) is 0 Å². The normalized spacial score (nSPS) is 17.6. The van der Waals surface area contributed by atoms with Crippen LogP contribution in [-0.4, -0.2) is 18.5 Å². The zero-order valence-electron chi connectivity index (χ0n) is 11.3. The second-order valence-electron chi connectivity index (χ2n) is 5.26. The van der Waals surface area contributed by atoms with Crippen LogP contribution in [0.1, 0.15) is 31.7 Å². The number of halogens is 3. The number of carbonyl (C=O) groups excluding carboxylic acids is 1. The van der Waals surface area contributed by atoms with Gasteiger partial charge in [0.05, 0.1) is 6.04 Å². The van der Waals surface area contributed by atoms with Crippen LogP contribution in [-0.2, 0) is 10.2 Å². The number of hydrogen-bond acceptors (Lipinski definition) is 2. The van der Waals surface area contributed by atoms with E-state index in [1.54, 1.807) is 13.0 Å². The fraction of sp³-hybridized carbons (Fsp3) is 0.500. The molecule has 6 heteroatoms. The lowest BCUT2D eigenvalue weighted by molar-refractivity contribution is -0.122. The van der Waals surface area contributed by atoms with Crippen LogP contribution in [0.3, 0.4) is 0 Å². The lowest BCUT2D eigenvalue weighted by Crippen LogP contribution is -2.49. The summed E-state index contributed by atoms with van der Waals surface area (Å²) in [5.41, 5.74) is 6.56. The molecule has 1 aliphatic carbocycles. The molecular weight excluding hydrogens is 319 g/mol. The van der Waals surface area contributed by atoms with Gasteiger partial charge < -0.3 is 11.1 Å². The van der Waals surface area contributed by atoms with E-state index in [4.69, 9.17) is 28.9 Å². The van der Waals surface area contributed by atoms with E-state index < -0.39 is 6.04 Å². The first-order valence-electron chi connectivity index (χ1n) is 6.43. The van der Waals surface area contributed by atoms with Crippen LogP contribution in [0.2, 0.25) is 10.0 Å². The van der Waals surface area contributed by atoms with Gasteiger partial charge in [-0.15, -0.1) is 12.4 Å². The highest BCUT2D eigenvalue weighted by Gasteiger charge is 2.40. The van der Waals surface area contributed by atoms with E-state index in [1.165, 1.54) is 0 Å². The number of amides is 1. The van der Waals surface area contributed by atoms with Crippen molar-refractivity contribution >= 4 is 41.5 Å². The van der Waals surface area contributed by atoms with Crippen molar-refractivity contribution in [2.45, 2.75) is 37.6 Å². The van der Waals surface area contributed by atoms with Crippen LogP contribution in [0, 0.1) is 0 Å². The molecule has 112 valence electrons. The van der Waals surface area contributed by atoms with Crippen LogP contribution in [0.25, 0.3) is 0 Å². The molecular formula is C14H19Cl3N2O. The van der Waals surface area contributed by atoms with Crippen molar-refractivity contribution in [3.8, 4) is 0 Å². The van der Waals surface area contributed by atoms with Crippen LogP contribution >= 0.6 is 35.6 Å². The summed E-state index contributed by atoms with van der Waals surface area (Å²) >= 11 is 12.2. The molecule has 1 aromatic carbocycles. The Labute approximate surface area is 135 Å². The summed E-state index contributed by atoms with van der Waals surface area (Å²) in [6, 6.07) is 5.07. The molecule has 0 radical (unpaired) electrons. The van der Waals surface area contributed by atoms with Gasteiger partial charge in [0, 0.05) is 22.0 Å². The smallest absolute Gasteiger partial charge is 0.236 e. The third kappa shape index (κ3) is 3.59. The van der Waals surface area contributed by atoms with E-state index >= 15 is 0 Å². The highest BCUT2D eigenvalue weighted by Crippen LogP contribution is 2.46. The summed E-state index contributed by atoms with van der Waals surface area (Å²) in [7, 11) is 0. The fourth-order valence-electron chi connectivity index (χ4n) is 2.48. The maximum atomic E-state index is 11.6. The van der Waals surface area contributed by atoms with E-state index in [1.807, 2.05) is 12.1 Å². The predicted molar refractivity (Wildman–Crippen MR) is 85.9 cm³/mol. The van der Waals surface area contributed by atoms with Gasteiger partial charge >= 0.3 is 0 Å². The molecule has 1 aliphatic rings. The molecule has 0 bridgehead atoms. The first-order valence-corrected chi connectivity index (χ1v) is 7.19. The quantitative estimate of drug-likeness (QED) is 0.885. The number of hydrogen-bond donors (Lipinski definition) is 2. The number of rotatable bonds is 4. The van der Waals surface area contributed by atoms with Gasteiger partial charge in [0.2, 0.25) is 5.91 Å². The summed E-state index contributed by atoms with van der Waals surface area (Å²) < 4.78 is 0. The molecule has 1 aromatic rings. The van der Waals surface area contributed by atoms with E-state index in [9.17, 15) is 4.79 Å². The number of nitrogens with one attached hydrogen (secondary N) is 1. The summed E-state index contributed by atoms with van der Waals surface area (Å²) in [5.74, 6) is -0.128. The highest BCUT2D eigenvalue weighted by atomic mass is 35.5. The highest BCUT2D eigenvalue weighted by molar-refractivity contribution is 6.35. The lowest BCUT2D eigenvalue weighted by Gasteiger charge is -2.43. The zero-order valence-corrected chi connectivity index (χ0v) is 13.6. The first kappa shape index (κ1) is 17.6. The van der Waals surface area contributed by atoms with Crippen molar-refractivity contribution in [3.05, 3.63) is 33.8 Å². The van der Waals surface area contributed by atoms with Crippen molar-refractivity contribution in [2.75, 3.05) is 6.54 Å². The molecule has 0 heterocycles. The predicted octanol–water partition coefficient (Wildman–Crippen LogP) is 3.30. The minimum atomic E-state index is -0.488. The first-order chi connectivity index (χ1) is 8.94. The topological polar surface area (TPSA) is 55.1 Å². The Bertz CT molecular complexity index is 487. The van der Waals surface area contributed by atoms with E-state index in [2.05, 4.69) is 5.32 Å². The average molecular weight is 338 g/mol. The zero-order chi connectivity index (χ0) is 14.0. The molecule has 0 unspecified atom stereocenters. The van der Waals surface area contributed by atoms with Gasteiger partial charge in [-0.1, -0.05) is 35.7 Å². The van der Waals surface area contributed by atoms with Crippen molar-refractivity contribution in [3.63, 3.8) is 0 Å². The van der Waals surface area contributed by atoms with Gasteiger partial charge in [-0.05, 0) is 37.5 Å². The second kappa shape index (κ2) is 6.99. The molecule has 0 aliphatic heterocycles. The molecule has 1 fully saturated rings. The monoisotopic (exact) mass is 336 g/mol. The van der Waals surface area contributed by atoms with Gasteiger partial charge in [-0.2, -0.15) is 0 Å². The van der Waals surface area contributed by atoms with Crippen LogP contribution in [0.5, 0.6) is 0 Å². The standard InChI is InChI=1S/C14H18Cl2N2O.ClH/c1-9(17)13(19)18-8-14(5-2-6-14)11-4-3-10(15)7-12(11)16;/h3-4,7,9H,2,5-6,8,17H2,1H3,(H,18,19);1H/t9-;/m1./s1. The third-order valence-corrected chi connectivity index (χ3v) is 4.38. The largest absolute Gasteiger partial charge is 0.354 e. The summed E-state index contributed by atoms with van der Waals surface area (Å²) in [6.07, 6.45) is 3.19. The Morgan fingerprint density at radius 1 is 1.45 bits per heavy atom. The maximum absolute atomic E-state index is 11.6. The van der Waals surface area contributed by atoms with E-state index in [0.29, 0.717) is 16.6 Å². The number of nitrogens with two attached hydrogens (primary N) is 1. The average Bonchev–Trinajstić information content (AvgIpc) is 2.29. The molecule has 1 atom stereocenters. The molecule has 1 saturated carbocycles. The molecule has 1 amide bonds. The number of carbonyl (C=O) groups is 1. The molecule has 20 heavy (non-hydrogen) atoms. The van der Waals surface area contributed by atoms with Crippen molar-refractivity contribution in [1.29, 1.82) is 0 Å². The Balaban J connectivity index is 0.00000200. The Morgan fingerprint density at radius 3 is 2.55 bits per heavy atom. The SMILES string of the molecule is C[C@@H](N)C(=O)NCC1(c2ccc(Cl)cc2Cl)CCC1.Cl. The Morgan fingerprint density at radius 2 is 2.10 bits per heavy atom. The van der Waals surface area contributed by atoms with Crippen molar-refractivity contribution < 1.29 is 4.79 Å². The molecule has 0 aromatic heterocycles. The fourth-order valence-corrected chi connectivity index (χ4v) is 3.09. The van der Waals surface area contributed by atoms with E-state index in [0.717, 1.165) is 24.8 Å². The maximum Gasteiger partial charge on any atom is 0.236 e. The van der Waals surface area contributed by atoms with Gasteiger partial charge in [-0.25, -0.2) is 0 Å². The van der Waals surface area contributed by atoms with E-state index in [-0.39, 0.29) is 23.7 Å². The Kier molecular flexibility index (Phi) is 6.14. The Hall–Kier alpha value is -0.480. The van der Waals surface area contributed by atoms with Crippen LogP contribution in [0.15, 0.2) is 18.2 Å². The molecule has 0 saturated heterocycles. The van der Waals surface area contributed by atoms with Crippen molar-refractivity contribution in [1.82, 2.24) is 5.32 Å². The molecule has 0 spiro atoms. The summed E-state index contributed by atoms with van der Waals surface area (Å²) in [4.78, 5) is 11.6. The minimum Gasteiger partial charge on any atom is -0.354 e. The minimum absolute atomic E-state index is 0. The van der Waals surface area contributed by atoms with Crippen LogP contribution in [0.4, 0.5) is 0 Å². The van der Waals surface area contributed by atoms with Crippen molar-refractivity contribution in [2.24, 2.45) is 5.73 Å². The third-order valence-electron chi connectivity index (χ3n) is 3.83. The summed E-state index contributed by atoms with van der Waals surface area (Å²) in [5, 5.41) is 4.21. The van der Waals surface area contributed by atoms with Gasteiger partial charge in [-0.3, -0.25) is 4.79 Å². The molecule has 3 N–H and O–H groups in total. The summed E-state index contributed by atoms with van der Waals surface area (Å²) in [6.45, 7) is 2.26. The molecule has 2 rings (SSSR count). The number of benzene rings is 1. The lowest BCUT2D eigenvalue weighted by atomic mass is 9.64. The van der Waals surface area contributed by atoms with Gasteiger partial charge in [0.1, 0.15) is 0 Å². The van der Waals surface area contributed by atoms with Crippen LogP contribution < -0.4 is 11.1 Å².